The Morgan fingerprint density at radius 2 is 1.83 bits per heavy atom. The van der Waals surface area contributed by atoms with Crippen molar-refractivity contribution >= 4 is 0 Å². The average Bonchev–Trinajstić information content (AvgIpc) is 2.18. The van der Waals surface area contributed by atoms with Gasteiger partial charge in [0.25, 0.3) is 0 Å². The molecule has 0 bridgehead atoms. The highest BCUT2D eigenvalue weighted by Gasteiger charge is 2.30. The maximum atomic E-state index is 13.3. The van der Waals surface area contributed by atoms with Crippen LogP contribution in [-0.4, -0.2) is 12.3 Å². The van der Waals surface area contributed by atoms with E-state index in [0.29, 0.717) is 19.3 Å². The van der Waals surface area contributed by atoms with Gasteiger partial charge in [-0.25, -0.2) is 8.78 Å². The Kier molecular flexibility index (Phi) is 3.48. The summed E-state index contributed by atoms with van der Waals surface area (Å²) in [6, 6.07) is 0. The van der Waals surface area contributed by atoms with E-state index in [1.165, 1.54) is 0 Å². The lowest BCUT2D eigenvalue weighted by Crippen LogP contribution is -2.17. The number of hydrogen-bond acceptors (Lipinski definition) is 0. The van der Waals surface area contributed by atoms with Gasteiger partial charge in [0.1, 0.15) is 12.3 Å². The molecule has 0 aliphatic heterocycles. The molecular weight excluding hydrogens is 158 g/mol. The van der Waals surface area contributed by atoms with Gasteiger partial charge in [0.05, 0.1) is 0 Å². The van der Waals surface area contributed by atoms with E-state index in [4.69, 9.17) is 0 Å². The molecule has 0 spiro atoms. The minimum Gasteiger partial charge on any atom is -0.247 e. The van der Waals surface area contributed by atoms with Crippen molar-refractivity contribution in [2.75, 3.05) is 0 Å². The molecule has 12 heavy (non-hydrogen) atoms. The Labute approximate surface area is 73.3 Å². The highest BCUT2D eigenvalue weighted by molar-refractivity contribution is 4.80. The van der Waals surface area contributed by atoms with Crippen molar-refractivity contribution in [3.8, 4) is 0 Å². The summed E-state index contributed by atoms with van der Waals surface area (Å²) < 4.78 is 26.6. The number of hydrogen-bond donors (Lipinski definition) is 0. The van der Waals surface area contributed by atoms with E-state index in [-0.39, 0.29) is 11.8 Å². The van der Waals surface area contributed by atoms with Gasteiger partial charge >= 0.3 is 0 Å². The highest BCUT2D eigenvalue weighted by atomic mass is 19.1. The summed E-state index contributed by atoms with van der Waals surface area (Å²) in [6.07, 6.45) is 0.917. The summed E-state index contributed by atoms with van der Waals surface area (Å²) in [5, 5.41) is 0. The van der Waals surface area contributed by atoms with Crippen LogP contribution in [0.15, 0.2) is 0 Å². The van der Waals surface area contributed by atoms with Crippen LogP contribution in [0.1, 0.15) is 39.5 Å². The number of alkyl halides is 2. The first kappa shape index (κ1) is 9.94. The fourth-order valence-electron chi connectivity index (χ4n) is 1.93. The molecule has 0 aromatic carbocycles. The van der Waals surface area contributed by atoms with Crippen molar-refractivity contribution in [2.24, 2.45) is 11.8 Å². The quantitative estimate of drug-likeness (QED) is 0.536. The van der Waals surface area contributed by atoms with E-state index >= 15 is 0 Å². The molecule has 1 fully saturated rings. The van der Waals surface area contributed by atoms with Gasteiger partial charge in [-0.1, -0.05) is 20.3 Å². The zero-order valence-electron chi connectivity index (χ0n) is 7.89. The predicted octanol–water partition coefficient (Wildman–Crippen LogP) is 3.51. The van der Waals surface area contributed by atoms with Crippen LogP contribution in [0.5, 0.6) is 0 Å². The molecule has 1 rings (SSSR count). The molecule has 0 nitrogen and oxygen atoms in total. The number of rotatable bonds is 1. The van der Waals surface area contributed by atoms with Gasteiger partial charge in [-0.3, -0.25) is 0 Å². The van der Waals surface area contributed by atoms with Crippen LogP contribution in [0.25, 0.3) is 0 Å². The minimum atomic E-state index is -0.782. The molecule has 0 aromatic rings. The largest absolute Gasteiger partial charge is 0.247 e. The molecule has 1 saturated carbocycles. The fourth-order valence-corrected chi connectivity index (χ4v) is 1.93. The Morgan fingerprint density at radius 1 is 1.17 bits per heavy atom. The molecule has 0 aromatic heterocycles. The summed E-state index contributed by atoms with van der Waals surface area (Å²) in [5.74, 6) is 0.0183. The topological polar surface area (TPSA) is 0 Å². The first-order valence-corrected chi connectivity index (χ1v) is 4.93. The van der Waals surface area contributed by atoms with Gasteiger partial charge in [0.15, 0.2) is 0 Å². The summed E-state index contributed by atoms with van der Waals surface area (Å²) in [5.41, 5.74) is 0. The monoisotopic (exact) mass is 176 g/mol. The molecule has 1 aliphatic carbocycles. The van der Waals surface area contributed by atoms with Gasteiger partial charge in [-0.05, 0) is 31.1 Å². The van der Waals surface area contributed by atoms with Crippen LogP contribution >= 0.6 is 0 Å². The molecule has 72 valence electrons. The van der Waals surface area contributed by atoms with E-state index in [9.17, 15) is 8.78 Å². The lowest BCUT2D eigenvalue weighted by molar-refractivity contribution is 0.173. The molecule has 0 radical (unpaired) electrons. The Balaban J connectivity index is 2.54. The van der Waals surface area contributed by atoms with Crippen molar-refractivity contribution in [3.63, 3.8) is 0 Å². The molecule has 1 aliphatic rings. The second-order valence-corrected chi connectivity index (χ2v) is 3.99. The molecular formula is C10H18F2. The van der Waals surface area contributed by atoms with Gasteiger partial charge in [-0.15, -0.1) is 0 Å². The zero-order valence-corrected chi connectivity index (χ0v) is 7.89. The molecule has 0 amide bonds. The Hall–Kier alpha value is -0.140. The third-order valence-electron chi connectivity index (χ3n) is 3.08. The second kappa shape index (κ2) is 4.20. The standard InChI is InChI=1S/C10H18F2/c1-3-8-6-10(12)7(2)4-5-9(8)11/h7-10H,3-6H2,1-2H3/t7?,8-,9?,10?/m0/s1. The average molecular weight is 176 g/mol. The SMILES string of the molecule is CC[C@H]1CC(F)C(C)CCC1F. The van der Waals surface area contributed by atoms with E-state index in [0.717, 1.165) is 6.42 Å². The Morgan fingerprint density at radius 3 is 2.42 bits per heavy atom. The van der Waals surface area contributed by atoms with Gasteiger partial charge in [0.2, 0.25) is 0 Å². The number of halogens is 2. The third kappa shape index (κ3) is 2.18. The maximum absolute atomic E-state index is 13.3. The van der Waals surface area contributed by atoms with Crippen LogP contribution in [-0.2, 0) is 0 Å². The maximum Gasteiger partial charge on any atom is 0.103 e. The lowest BCUT2D eigenvalue weighted by Gasteiger charge is -2.17. The van der Waals surface area contributed by atoms with Crippen LogP contribution in [0.3, 0.4) is 0 Å². The molecule has 0 heterocycles. The van der Waals surface area contributed by atoms with Gasteiger partial charge < -0.3 is 0 Å². The first-order chi connectivity index (χ1) is 5.65. The van der Waals surface area contributed by atoms with Crippen molar-refractivity contribution in [1.82, 2.24) is 0 Å². The van der Waals surface area contributed by atoms with Crippen LogP contribution in [0, 0.1) is 11.8 Å². The smallest absolute Gasteiger partial charge is 0.103 e. The van der Waals surface area contributed by atoms with E-state index in [2.05, 4.69) is 0 Å². The lowest BCUT2D eigenvalue weighted by atomic mass is 9.94. The van der Waals surface area contributed by atoms with Gasteiger partial charge in [-0.2, -0.15) is 0 Å². The van der Waals surface area contributed by atoms with Crippen molar-refractivity contribution < 1.29 is 8.78 Å². The highest BCUT2D eigenvalue weighted by Crippen LogP contribution is 2.32. The van der Waals surface area contributed by atoms with E-state index in [1.54, 1.807) is 0 Å². The summed E-state index contributed by atoms with van der Waals surface area (Å²) in [4.78, 5) is 0. The second-order valence-electron chi connectivity index (χ2n) is 3.99. The van der Waals surface area contributed by atoms with Crippen LogP contribution in [0.2, 0.25) is 0 Å². The van der Waals surface area contributed by atoms with Crippen molar-refractivity contribution in [1.29, 1.82) is 0 Å². The zero-order chi connectivity index (χ0) is 9.14. The molecule has 4 atom stereocenters. The molecule has 0 saturated heterocycles. The summed E-state index contributed by atoms with van der Waals surface area (Å²) in [7, 11) is 0. The van der Waals surface area contributed by atoms with Crippen LogP contribution < -0.4 is 0 Å². The van der Waals surface area contributed by atoms with Crippen LogP contribution in [0.4, 0.5) is 8.78 Å². The summed E-state index contributed by atoms with van der Waals surface area (Å²) in [6.45, 7) is 3.83. The molecule has 3 unspecified atom stereocenters. The molecule has 2 heteroatoms. The third-order valence-corrected chi connectivity index (χ3v) is 3.08. The van der Waals surface area contributed by atoms with E-state index in [1.807, 2.05) is 13.8 Å². The summed E-state index contributed by atoms with van der Waals surface area (Å²) >= 11 is 0. The van der Waals surface area contributed by atoms with Crippen molar-refractivity contribution in [2.45, 2.75) is 51.9 Å². The molecule has 0 N–H and O–H groups in total. The minimum absolute atomic E-state index is 0.0371. The first-order valence-electron chi connectivity index (χ1n) is 4.93. The van der Waals surface area contributed by atoms with Gasteiger partial charge in [0, 0.05) is 0 Å². The normalized spacial score (nSPS) is 44.0. The van der Waals surface area contributed by atoms with Crippen molar-refractivity contribution in [3.05, 3.63) is 0 Å². The predicted molar refractivity (Wildman–Crippen MR) is 46.6 cm³/mol. The fraction of sp³-hybridized carbons (Fsp3) is 1.00. The van der Waals surface area contributed by atoms with E-state index < -0.39 is 12.3 Å². The Bertz CT molecular complexity index is 136.